The number of ether oxygens (including phenoxy) is 1. The van der Waals surface area contributed by atoms with Crippen LogP contribution in [0.4, 0.5) is 0 Å². The number of rotatable bonds is 5. The summed E-state index contributed by atoms with van der Waals surface area (Å²) in [6.45, 7) is 10.1. The van der Waals surface area contributed by atoms with Gasteiger partial charge in [-0.25, -0.2) is 4.79 Å². The highest BCUT2D eigenvalue weighted by Crippen LogP contribution is 2.24. The number of benzene rings is 1. The van der Waals surface area contributed by atoms with E-state index in [0.29, 0.717) is 10.8 Å². The summed E-state index contributed by atoms with van der Waals surface area (Å²) in [5.41, 5.74) is 0.987. The fourth-order valence-corrected chi connectivity index (χ4v) is 3.21. The molecule has 1 unspecified atom stereocenters. The highest BCUT2D eigenvalue weighted by molar-refractivity contribution is 8.14. The van der Waals surface area contributed by atoms with Crippen LogP contribution >= 0.6 is 23.4 Å². The second kappa shape index (κ2) is 10.7. The van der Waals surface area contributed by atoms with Crippen LogP contribution < -0.4 is 0 Å². The number of esters is 1. The summed E-state index contributed by atoms with van der Waals surface area (Å²) >= 11 is 7.36. The van der Waals surface area contributed by atoms with Crippen LogP contribution in [0.3, 0.4) is 0 Å². The molecule has 0 bridgehead atoms. The molecule has 2 rings (SSSR count). The third kappa shape index (κ3) is 6.53. The Hall–Kier alpha value is -1.04. The molecule has 1 aromatic rings. The minimum Gasteiger partial charge on any atom is -0.467 e. The number of carbonyl (C=O) groups excluding carboxylic acids is 1. The van der Waals surface area contributed by atoms with Gasteiger partial charge < -0.3 is 9.64 Å². The van der Waals surface area contributed by atoms with Crippen molar-refractivity contribution in [1.82, 2.24) is 4.90 Å². The minimum absolute atomic E-state index is 0.281. The molecular weight excluding hydrogens is 332 g/mol. The number of nitrogens with zero attached hydrogens (tertiary/aromatic N) is 2. The first kappa shape index (κ1) is 20.0. The molecule has 23 heavy (non-hydrogen) atoms. The first-order valence-corrected chi connectivity index (χ1v) is 9.18. The van der Waals surface area contributed by atoms with Gasteiger partial charge >= 0.3 is 5.97 Å². The van der Waals surface area contributed by atoms with Crippen LogP contribution in [0.2, 0.25) is 5.02 Å². The van der Waals surface area contributed by atoms with Crippen molar-refractivity contribution < 1.29 is 9.53 Å². The summed E-state index contributed by atoms with van der Waals surface area (Å²) in [4.78, 5) is 18.0. The lowest BCUT2D eigenvalue weighted by molar-refractivity contribution is -0.141. The maximum absolute atomic E-state index is 11.3. The van der Waals surface area contributed by atoms with Gasteiger partial charge in [-0.15, -0.1) is 11.8 Å². The third-order valence-electron chi connectivity index (χ3n) is 3.56. The summed E-state index contributed by atoms with van der Waals surface area (Å²) in [5.74, 6) is 0.362. The van der Waals surface area contributed by atoms with Gasteiger partial charge in [-0.2, -0.15) is 0 Å². The summed E-state index contributed by atoms with van der Waals surface area (Å²) in [5, 5.41) is 1.56. The summed E-state index contributed by atoms with van der Waals surface area (Å²) in [6.07, 6.45) is 0. The van der Waals surface area contributed by atoms with Crippen LogP contribution in [0.5, 0.6) is 0 Å². The lowest BCUT2D eigenvalue weighted by Gasteiger charge is -2.13. The van der Waals surface area contributed by atoms with Crippen molar-refractivity contribution in [2.75, 3.05) is 32.5 Å². The smallest absolute Gasteiger partial charge is 0.331 e. The van der Waals surface area contributed by atoms with Crippen molar-refractivity contribution in [2.24, 2.45) is 4.99 Å². The predicted molar refractivity (Wildman–Crippen MR) is 99.7 cm³/mol. The van der Waals surface area contributed by atoms with Gasteiger partial charge in [-0.3, -0.25) is 4.99 Å². The molecule has 1 aliphatic rings. The first-order chi connectivity index (χ1) is 11.0. The molecule has 128 valence electrons. The average Bonchev–Trinajstić information content (AvgIpc) is 3.07. The predicted octanol–water partition coefficient (Wildman–Crippen LogP) is 3.72. The van der Waals surface area contributed by atoms with Gasteiger partial charge in [0.05, 0.1) is 12.2 Å². The van der Waals surface area contributed by atoms with Gasteiger partial charge in [0.1, 0.15) is 0 Å². The van der Waals surface area contributed by atoms with Gasteiger partial charge in [0.15, 0.2) is 6.04 Å². The van der Waals surface area contributed by atoms with E-state index in [4.69, 9.17) is 11.6 Å². The molecule has 0 saturated carbocycles. The van der Waals surface area contributed by atoms with Crippen molar-refractivity contribution in [1.29, 1.82) is 0 Å². The zero-order valence-corrected chi connectivity index (χ0v) is 15.8. The van der Waals surface area contributed by atoms with Crippen LogP contribution in [0.15, 0.2) is 29.3 Å². The van der Waals surface area contributed by atoms with E-state index in [9.17, 15) is 4.79 Å². The van der Waals surface area contributed by atoms with Crippen molar-refractivity contribution in [3.8, 4) is 0 Å². The third-order valence-corrected chi connectivity index (χ3v) is 4.91. The van der Waals surface area contributed by atoms with E-state index < -0.39 is 0 Å². The number of aliphatic imine (C=N–C) groups is 1. The van der Waals surface area contributed by atoms with E-state index in [1.807, 2.05) is 24.3 Å². The standard InChI is InChI=1S/C11H10ClNO2S.C6H15N/c1-15-11(14)9-6-16-10(13-9)7-2-4-8(12)5-3-7;1-4-7(5-2)6-3/h2-5,9H,6H2,1H3;4-6H2,1-3H3. The Kier molecular flexibility index (Phi) is 9.29. The summed E-state index contributed by atoms with van der Waals surface area (Å²) in [7, 11) is 1.38. The second-order valence-electron chi connectivity index (χ2n) is 4.91. The first-order valence-electron chi connectivity index (χ1n) is 7.82. The van der Waals surface area contributed by atoms with Crippen LogP contribution in [-0.2, 0) is 9.53 Å². The van der Waals surface area contributed by atoms with E-state index >= 15 is 0 Å². The van der Waals surface area contributed by atoms with Crippen molar-refractivity contribution in [3.05, 3.63) is 34.9 Å². The molecule has 0 N–H and O–H groups in total. The van der Waals surface area contributed by atoms with Crippen molar-refractivity contribution in [2.45, 2.75) is 26.8 Å². The SMILES string of the molecule is CCN(CC)CC.COC(=O)C1CSC(c2ccc(Cl)cc2)=N1. The van der Waals surface area contributed by atoms with E-state index in [-0.39, 0.29) is 12.0 Å². The molecule has 0 saturated heterocycles. The van der Waals surface area contributed by atoms with Gasteiger partial charge in [0.25, 0.3) is 0 Å². The normalized spacial score (nSPS) is 16.6. The topological polar surface area (TPSA) is 41.9 Å². The largest absolute Gasteiger partial charge is 0.467 e. The van der Waals surface area contributed by atoms with Crippen LogP contribution in [0.1, 0.15) is 26.3 Å². The average molecular weight is 357 g/mol. The molecule has 1 aliphatic heterocycles. The minimum atomic E-state index is -0.374. The fourth-order valence-electron chi connectivity index (χ4n) is 2.05. The molecule has 1 aromatic carbocycles. The molecule has 0 aliphatic carbocycles. The Morgan fingerprint density at radius 3 is 2.26 bits per heavy atom. The number of hydrogen-bond acceptors (Lipinski definition) is 5. The molecule has 1 atom stereocenters. The molecule has 0 aromatic heterocycles. The number of halogens is 1. The quantitative estimate of drug-likeness (QED) is 0.754. The van der Waals surface area contributed by atoms with Crippen LogP contribution in [-0.4, -0.2) is 54.5 Å². The number of thioether (sulfide) groups is 1. The van der Waals surface area contributed by atoms with Crippen LogP contribution in [0, 0.1) is 0 Å². The van der Waals surface area contributed by atoms with Gasteiger partial charge in [0, 0.05) is 16.3 Å². The molecule has 0 radical (unpaired) electrons. The highest BCUT2D eigenvalue weighted by atomic mass is 35.5. The van der Waals surface area contributed by atoms with Crippen molar-refractivity contribution in [3.63, 3.8) is 0 Å². The van der Waals surface area contributed by atoms with Gasteiger partial charge in [0.2, 0.25) is 0 Å². The Balaban J connectivity index is 0.000000322. The molecule has 1 heterocycles. The Labute approximate surface area is 148 Å². The van der Waals surface area contributed by atoms with Crippen LogP contribution in [0.25, 0.3) is 0 Å². The summed E-state index contributed by atoms with van der Waals surface area (Å²) < 4.78 is 4.66. The van der Waals surface area contributed by atoms with E-state index in [2.05, 4.69) is 35.4 Å². The molecule has 4 nitrogen and oxygen atoms in total. The Bertz CT molecular complexity index is 510. The second-order valence-corrected chi connectivity index (χ2v) is 6.36. The monoisotopic (exact) mass is 356 g/mol. The molecule has 6 heteroatoms. The zero-order valence-electron chi connectivity index (χ0n) is 14.2. The zero-order chi connectivity index (χ0) is 17.2. The molecule has 0 spiro atoms. The number of carbonyl (C=O) groups is 1. The highest BCUT2D eigenvalue weighted by Gasteiger charge is 2.26. The maximum atomic E-state index is 11.3. The van der Waals surface area contributed by atoms with E-state index in [1.54, 1.807) is 11.8 Å². The summed E-state index contributed by atoms with van der Waals surface area (Å²) in [6, 6.07) is 7.04. The van der Waals surface area contributed by atoms with Gasteiger partial charge in [-0.05, 0) is 31.8 Å². The molecule has 0 fully saturated rings. The van der Waals surface area contributed by atoms with Crippen molar-refractivity contribution >= 4 is 34.4 Å². The number of hydrogen-bond donors (Lipinski definition) is 0. The van der Waals surface area contributed by atoms with E-state index in [1.165, 1.54) is 26.7 Å². The maximum Gasteiger partial charge on any atom is 0.331 e. The van der Waals surface area contributed by atoms with Gasteiger partial charge in [-0.1, -0.05) is 44.5 Å². The molecule has 0 amide bonds. The fraction of sp³-hybridized carbons (Fsp3) is 0.529. The lowest BCUT2D eigenvalue weighted by Crippen LogP contribution is -2.21. The Morgan fingerprint density at radius 2 is 1.83 bits per heavy atom. The number of methoxy groups -OCH3 is 1. The van der Waals surface area contributed by atoms with E-state index in [0.717, 1.165) is 10.6 Å². The molecular formula is C17H25ClN2O2S. The lowest BCUT2D eigenvalue weighted by atomic mass is 10.2. The Morgan fingerprint density at radius 1 is 1.26 bits per heavy atom.